The number of sulfonamides is 1. The third kappa shape index (κ3) is 2.68. The van der Waals surface area contributed by atoms with Gasteiger partial charge in [0.2, 0.25) is 10.0 Å². The van der Waals surface area contributed by atoms with Gasteiger partial charge in [-0.2, -0.15) is 0 Å². The first-order valence-electron chi connectivity index (χ1n) is 7.92. The summed E-state index contributed by atoms with van der Waals surface area (Å²) in [7, 11) is -1.43. The Labute approximate surface area is 150 Å². The second-order valence-corrected chi connectivity index (χ2v) is 9.84. The van der Waals surface area contributed by atoms with Crippen molar-refractivity contribution in [3.8, 4) is 0 Å². The van der Waals surface area contributed by atoms with Crippen LogP contribution in [-0.2, 0) is 17.1 Å². The number of aryl methyl sites for hydroxylation is 1. The number of aromatic nitrogens is 3. The van der Waals surface area contributed by atoms with Gasteiger partial charge in [0.1, 0.15) is 12.2 Å². The van der Waals surface area contributed by atoms with Crippen LogP contribution < -0.4 is 0 Å². The van der Waals surface area contributed by atoms with Crippen molar-refractivity contribution in [3.05, 3.63) is 34.5 Å². The van der Waals surface area contributed by atoms with E-state index in [1.807, 2.05) is 29.1 Å². The zero-order chi connectivity index (χ0) is 17.8. The van der Waals surface area contributed by atoms with Crippen molar-refractivity contribution in [2.45, 2.75) is 5.92 Å². The van der Waals surface area contributed by atoms with Crippen molar-refractivity contribution >= 4 is 27.3 Å². The molecule has 2 fully saturated rings. The summed E-state index contributed by atoms with van der Waals surface area (Å²) in [6.45, 7) is 1.87. The Balaban J connectivity index is 1.61. The van der Waals surface area contributed by atoms with Gasteiger partial charge in [-0.05, 0) is 11.4 Å². The molecule has 8 nitrogen and oxygen atoms in total. The molecule has 0 aromatic carbocycles. The lowest BCUT2D eigenvalue weighted by Crippen LogP contribution is -2.61. The molecule has 2 aromatic rings. The summed E-state index contributed by atoms with van der Waals surface area (Å²) >= 11 is 1.42. The maximum atomic E-state index is 12.5. The smallest absolute Gasteiger partial charge is 0.263 e. The first-order valence-corrected chi connectivity index (χ1v) is 10.6. The Morgan fingerprint density at radius 3 is 2.68 bits per heavy atom. The predicted octanol–water partition coefficient (Wildman–Crippen LogP) is 0.378. The largest absolute Gasteiger partial charge is 0.337 e. The number of thiophene rings is 1. The highest BCUT2D eigenvalue weighted by atomic mass is 32.2. The fraction of sp³-hybridized carbons (Fsp3) is 0.533. The average molecular weight is 381 g/mol. The highest BCUT2D eigenvalue weighted by molar-refractivity contribution is 7.88. The van der Waals surface area contributed by atoms with Gasteiger partial charge in [0.25, 0.3) is 5.91 Å². The van der Waals surface area contributed by atoms with Gasteiger partial charge < -0.3 is 9.47 Å². The number of carbonyl (C=O) groups is 1. The minimum absolute atomic E-state index is 0.00939. The second-order valence-electron chi connectivity index (χ2n) is 6.91. The fourth-order valence-electron chi connectivity index (χ4n) is 3.87. The molecule has 1 unspecified atom stereocenters. The first kappa shape index (κ1) is 16.7. The van der Waals surface area contributed by atoms with Crippen molar-refractivity contribution < 1.29 is 13.2 Å². The summed E-state index contributed by atoms with van der Waals surface area (Å²) < 4.78 is 27.5. The van der Waals surface area contributed by atoms with Gasteiger partial charge in [-0.1, -0.05) is 6.07 Å². The van der Waals surface area contributed by atoms with E-state index < -0.39 is 10.0 Å². The molecule has 0 N–H and O–H groups in total. The van der Waals surface area contributed by atoms with E-state index in [0.717, 1.165) is 5.82 Å². The highest BCUT2D eigenvalue weighted by Crippen LogP contribution is 2.49. The number of amides is 1. The lowest BCUT2D eigenvalue weighted by atomic mass is 9.71. The zero-order valence-electron chi connectivity index (χ0n) is 14.0. The summed E-state index contributed by atoms with van der Waals surface area (Å²) in [6, 6.07) is 3.67. The lowest BCUT2D eigenvalue weighted by molar-refractivity contribution is 0.00453. The summed E-state index contributed by atoms with van der Waals surface area (Å²) in [5, 5.41) is 10.0. The Morgan fingerprint density at radius 2 is 2.12 bits per heavy atom. The van der Waals surface area contributed by atoms with Gasteiger partial charge in [0.15, 0.2) is 0 Å². The van der Waals surface area contributed by atoms with E-state index in [1.165, 1.54) is 21.9 Å². The van der Waals surface area contributed by atoms with E-state index in [1.54, 1.807) is 11.2 Å². The van der Waals surface area contributed by atoms with Crippen molar-refractivity contribution in [2.75, 3.05) is 32.4 Å². The summed E-state index contributed by atoms with van der Waals surface area (Å²) in [4.78, 5) is 15.0. The molecule has 1 atom stereocenters. The average Bonchev–Trinajstić information content (AvgIpc) is 3.22. The normalized spacial score (nSPS) is 23.1. The number of hydrogen-bond acceptors (Lipinski definition) is 6. The SMILES string of the molecule is Cn1cnnc1C1CN(S(C)(=O)=O)CC12CN(C(=O)c1cccs1)C2. The van der Waals surface area contributed by atoms with E-state index in [4.69, 9.17) is 0 Å². The molecule has 134 valence electrons. The molecular weight excluding hydrogens is 362 g/mol. The molecule has 0 saturated carbocycles. The summed E-state index contributed by atoms with van der Waals surface area (Å²) in [5.41, 5.74) is -0.295. The van der Waals surface area contributed by atoms with E-state index in [-0.39, 0.29) is 17.2 Å². The number of carbonyl (C=O) groups excluding carboxylic acids is 1. The van der Waals surface area contributed by atoms with Gasteiger partial charge in [0, 0.05) is 44.6 Å². The van der Waals surface area contributed by atoms with Gasteiger partial charge >= 0.3 is 0 Å². The van der Waals surface area contributed by atoms with Gasteiger partial charge in [-0.15, -0.1) is 21.5 Å². The van der Waals surface area contributed by atoms with Crippen molar-refractivity contribution in [2.24, 2.45) is 12.5 Å². The van der Waals surface area contributed by atoms with Crippen LogP contribution in [0.3, 0.4) is 0 Å². The third-order valence-corrected chi connectivity index (χ3v) is 7.25. The van der Waals surface area contributed by atoms with Crippen LogP contribution in [0.1, 0.15) is 21.4 Å². The van der Waals surface area contributed by atoms with Crippen LogP contribution in [0.5, 0.6) is 0 Å². The summed E-state index contributed by atoms with van der Waals surface area (Å²) in [6.07, 6.45) is 2.85. The minimum Gasteiger partial charge on any atom is -0.337 e. The fourth-order valence-corrected chi connectivity index (χ4v) is 5.48. The standard InChI is InChI=1S/C15H19N5O3S2/c1-18-10-16-17-13(18)11-6-20(25(2,22)23)9-15(11)7-19(8-15)14(21)12-4-3-5-24-12/h3-5,10-11H,6-9H2,1-2H3. The van der Waals surface area contributed by atoms with Crippen LogP contribution in [0, 0.1) is 5.41 Å². The van der Waals surface area contributed by atoms with E-state index >= 15 is 0 Å². The van der Waals surface area contributed by atoms with Crippen molar-refractivity contribution in [3.63, 3.8) is 0 Å². The van der Waals surface area contributed by atoms with Crippen molar-refractivity contribution in [1.82, 2.24) is 24.0 Å². The molecule has 2 aliphatic rings. The molecule has 25 heavy (non-hydrogen) atoms. The van der Waals surface area contributed by atoms with Crippen LogP contribution in [0.2, 0.25) is 0 Å². The Hall–Kier alpha value is -1.78. The molecule has 4 heterocycles. The highest BCUT2D eigenvalue weighted by Gasteiger charge is 2.58. The molecule has 0 radical (unpaired) electrons. The molecule has 2 saturated heterocycles. The quantitative estimate of drug-likeness (QED) is 0.767. The molecular formula is C15H19N5O3S2. The molecule has 1 amide bonds. The maximum Gasteiger partial charge on any atom is 0.263 e. The number of likely N-dealkylation sites (tertiary alicyclic amines) is 1. The molecule has 2 aromatic heterocycles. The Kier molecular flexibility index (Phi) is 3.74. The number of rotatable bonds is 3. The Bertz CT molecular complexity index is 900. The van der Waals surface area contributed by atoms with Crippen LogP contribution in [-0.4, -0.2) is 70.7 Å². The van der Waals surface area contributed by atoms with Gasteiger partial charge in [-0.3, -0.25) is 4.79 Å². The van der Waals surface area contributed by atoms with E-state index in [2.05, 4.69) is 10.2 Å². The minimum atomic E-state index is -3.29. The first-order chi connectivity index (χ1) is 11.8. The summed E-state index contributed by atoms with van der Waals surface area (Å²) in [5.74, 6) is 0.714. The van der Waals surface area contributed by atoms with Crippen LogP contribution in [0.4, 0.5) is 0 Å². The Morgan fingerprint density at radius 1 is 1.36 bits per heavy atom. The monoisotopic (exact) mass is 381 g/mol. The van der Waals surface area contributed by atoms with Gasteiger partial charge in [-0.25, -0.2) is 12.7 Å². The zero-order valence-corrected chi connectivity index (χ0v) is 15.6. The lowest BCUT2D eigenvalue weighted by Gasteiger charge is -2.50. The van der Waals surface area contributed by atoms with E-state index in [0.29, 0.717) is 31.1 Å². The second kappa shape index (κ2) is 5.61. The third-order valence-electron chi connectivity index (χ3n) is 5.17. The predicted molar refractivity (Wildman–Crippen MR) is 92.8 cm³/mol. The molecule has 0 bridgehead atoms. The topological polar surface area (TPSA) is 88.4 Å². The van der Waals surface area contributed by atoms with Crippen molar-refractivity contribution in [1.29, 1.82) is 0 Å². The van der Waals surface area contributed by atoms with Crippen LogP contribution in [0.15, 0.2) is 23.8 Å². The maximum absolute atomic E-state index is 12.5. The number of nitrogens with zero attached hydrogens (tertiary/aromatic N) is 5. The molecule has 1 spiro atoms. The molecule has 2 aliphatic heterocycles. The molecule has 0 aliphatic carbocycles. The van der Waals surface area contributed by atoms with E-state index in [9.17, 15) is 13.2 Å². The van der Waals surface area contributed by atoms with Crippen LogP contribution >= 0.6 is 11.3 Å². The van der Waals surface area contributed by atoms with Gasteiger partial charge in [0.05, 0.1) is 11.1 Å². The van der Waals surface area contributed by atoms with Crippen LogP contribution in [0.25, 0.3) is 0 Å². The number of hydrogen-bond donors (Lipinski definition) is 0. The molecule has 4 rings (SSSR count). The molecule has 10 heteroatoms.